The number of allylic oxidation sites excluding steroid dienone is 2. The summed E-state index contributed by atoms with van der Waals surface area (Å²) in [7, 11) is 0. The van der Waals surface area contributed by atoms with Crippen molar-refractivity contribution in [3.05, 3.63) is 29.8 Å². The van der Waals surface area contributed by atoms with Gasteiger partial charge in [-0.1, -0.05) is 0 Å². The van der Waals surface area contributed by atoms with Crippen LogP contribution in [0.1, 0.15) is 0 Å². The second-order valence-corrected chi connectivity index (χ2v) is 1.38. The highest BCUT2D eigenvalue weighted by atomic mass is 16.1. The van der Waals surface area contributed by atoms with Gasteiger partial charge in [0.05, 0.1) is 0 Å². The highest BCUT2D eigenvalue weighted by molar-refractivity contribution is 5.77. The van der Waals surface area contributed by atoms with E-state index in [1.54, 1.807) is 18.5 Å². The molecule has 1 rings (SSSR count). The highest BCUT2D eigenvalue weighted by Crippen LogP contribution is 1.90. The zero-order valence-corrected chi connectivity index (χ0v) is 4.22. The number of hydrogen-bond donors (Lipinski definition) is 1. The van der Waals surface area contributed by atoms with Crippen molar-refractivity contribution in [1.82, 2.24) is 5.32 Å². The molecule has 0 aromatic rings. The summed E-state index contributed by atoms with van der Waals surface area (Å²) in [6, 6.07) is 0. The minimum absolute atomic E-state index is 0.618. The lowest BCUT2D eigenvalue weighted by molar-refractivity contribution is -0.104. The Hall–Kier alpha value is -1.27. The molecular formula is C6H5NO. The SMILES string of the molecule is O=CC1=CNC=C=C1. The van der Waals surface area contributed by atoms with E-state index in [-0.39, 0.29) is 0 Å². The molecule has 0 aromatic carbocycles. The summed E-state index contributed by atoms with van der Waals surface area (Å²) < 4.78 is 0. The molecule has 1 aliphatic heterocycles. The van der Waals surface area contributed by atoms with Crippen LogP contribution < -0.4 is 5.32 Å². The molecule has 40 valence electrons. The van der Waals surface area contributed by atoms with Crippen LogP contribution in [0.4, 0.5) is 0 Å². The number of carbonyl (C=O) groups is 1. The maximum atomic E-state index is 9.97. The lowest BCUT2D eigenvalue weighted by Crippen LogP contribution is -1.97. The summed E-state index contributed by atoms with van der Waals surface area (Å²) in [4.78, 5) is 9.97. The number of nitrogens with one attached hydrogen (secondary N) is 1. The van der Waals surface area contributed by atoms with Crippen molar-refractivity contribution in [2.45, 2.75) is 0 Å². The summed E-state index contributed by atoms with van der Waals surface area (Å²) >= 11 is 0. The Bertz CT molecular complexity index is 185. The molecule has 0 fully saturated rings. The molecule has 2 nitrogen and oxygen atoms in total. The maximum absolute atomic E-state index is 9.97. The molecule has 1 N–H and O–H groups in total. The Morgan fingerprint density at radius 1 is 1.75 bits per heavy atom. The number of aldehydes is 1. The topological polar surface area (TPSA) is 29.1 Å². The summed E-state index contributed by atoms with van der Waals surface area (Å²) in [6.45, 7) is 0. The first-order valence-corrected chi connectivity index (χ1v) is 2.26. The van der Waals surface area contributed by atoms with Crippen molar-refractivity contribution in [3.8, 4) is 0 Å². The first-order valence-electron chi connectivity index (χ1n) is 2.26. The minimum Gasteiger partial charge on any atom is -0.361 e. The van der Waals surface area contributed by atoms with Crippen molar-refractivity contribution in [3.63, 3.8) is 0 Å². The average Bonchev–Trinajstić information content (AvgIpc) is 1.90. The fourth-order valence-corrected chi connectivity index (χ4v) is 0.434. The molecule has 2 heteroatoms. The molecule has 0 aliphatic carbocycles. The van der Waals surface area contributed by atoms with Gasteiger partial charge in [-0.05, 0) is 6.08 Å². The summed E-state index contributed by atoms with van der Waals surface area (Å²) in [5.74, 6) is 0. The largest absolute Gasteiger partial charge is 0.361 e. The predicted molar refractivity (Wildman–Crippen MR) is 29.9 cm³/mol. The Kier molecular flexibility index (Phi) is 1.31. The van der Waals surface area contributed by atoms with Gasteiger partial charge in [0.25, 0.3) is 0 Å². The van der Waals surface area contributed by atoms with Gasteiger partial charge in [-0.2, -0.15) is 0 Å². The quantitative estimate of drug-likeness (QED) is 0.386. The Morgan fingerprint density at radius 2 is 2.62 bits per heavy atom. The van der Waals surface area contributed by atoms with Crippen LogP contribution in [0.15, 0.2) is 29.8 Å². The molecule has 1 aliphatic rings. The van der Waals surface area contributed by atoms with Crippen LogP contribution in [0.25, 0.3) is 0 Å². The van der Waals surface area contributed by atoms with Crippen molar-refractivity contribution < 1.29 is 4.79 Å². The van der Waals surface area contributed by atoms with Crippen LogP contribution in [0.5, 0.6) is 0 Å². The molecule has 8 heavy (non-hydrogen) atoms. The van der Waals surface area contributed by atoms with Gasteiger partial charge in [0.15, 0.2) is 6.29 Å². The van der Waals surface area contributed by atoms with E-state index in [9.17, 15) is 4.79 Å². The first-order chi connectivity index (χ1) is 3.93. The van der Waals surface area contributed by atoms with Gasteiger partial charge >= 0.3 is 0 Å². The standard InChI is InChI=1S/C6H5NO/c8-5-6-2-1-3-7-4-6/h2-5,7H. The number of carbonyl (C=O) groups excluding carboxylic acids is 1. The summed E-state index contributed by atoms with van der Waals surface area (Å²) in [5, 5.41) is 2.73. The second kappa shape index (κ2) is 2.15. The average molecular weight is 107 g/mol. The summed E-state index contributed by atoms with van der Waals surface area (Å²) in [5.41, 5.74) is 3.34. The van der Waals surface area contributed by atoms with Crippen LogP contribution >= 0.6 is 0 Å². The lowest BCUT2D eigenvalue weighted by Gasteiger charge is -1.92. The molecule has 0 spiro atoms. The third-order valence-corrected chi connectivity index (χ3v) is 0.803. The fraction of sp³-hybridized carbons (Fsp3) is 0. The fourth-order valence-electron chi connectivity index (χ4n) is 0.434. The summed E-state index contributed by atoms with van der Waals surface area (Å²) in [6.07, 6.45) is 5.63. The first kappa shape index (κ1) is 4.88. The van der Waals surface area contributed by atoms with Crippen LogP contribution in [0.2, 0.25) is 0 Å². The maximum Gasteiger partial charge on any atom is 0.152 e. The van der Waals surface area contributed by atoms with Gasteiger partial charge in [0.1, 0.15) is 0 Å². The van der Waals surface area contributed by atoms with E-state index in [0.29, 0.717) is 5.57 Å². The highest BCUT2D eigenvalue weighted by Gasteiger charge is 1.86. The molecular weight excluding hydrogens is 102 g/mol. The monoisotopic (exact) mass is 107 g/mol. The van der Waals surface area contributed by atoms with Gasteiger partial charge in [0, 0.05) is 18.0 Å². The lowest BCUT2D eigenvalue weighted by atomic mass is 10.3. The van der Waals surface area contributed by atoms with Crippen LogP contribution in [0, 0.1) is 0 Å². The normalized spacial score (nSPS) is 14.8. The minimum atomic E-state index is 0.618. The number of hydrogen-bond acceptors (Lipinski definition) is 2. The third-order valence-electron chi connectivity index (χ3n) is 0.803. The van der Waals surface area contributed by atoms with Crippen molar-refractivity contribution in [2.75, 3.05) is 0 Å². The van der Waals surface area contributed by atoms with E-state index >= 15 is 0 Å². The van der Waals surface area contributed by atoms with Crippen molar-refractivity contribution >= 4 is 6.29 Å². The Labute approximate surface area is 47.2 Å². The van der Waals surface area contributed by atoms with Gasteiger partial charge < -0.3 is 5.32 Å². The van der Waals surface area contributed by atoms with E-state index in [1.807, 2.05) is 0 Å². The zero-order valence-electron chi connectivity index (χ0n) is 4.22. The van der Waals surface area contributed by atoms with Crippen LogP contribution in [-0.2, 0) is 4.79 Å². The molecule has 0 aromatic heterocycles. The van der Waals surface area contributed by atoms with E-state index < -0.39 is 0 Å². The molecule has 0 saturated carbocycles. The zero-order chi connectivity index (χ0) is 5.82. The predicted octanol–water partition coefficient (Wildman–Crippen LogP) is 0.341. The molecule has 1 heterocycles. The van der Waals surface area contributed by atoms with Crippen LogP contribution in [0.3, 0.4) is 0 Å². The third kappa shape index (κ3) is 0.863. The van der Waals surface area contributed by atoms with Crippen molar-refractivity contribution in [1.29, 1.82) is 0 Å². The van der Waals surface area contributed by atoms with Gasteiger partial charge in [-0.25, -0.2) is 0 Å². The van der Waals surface area contributed by atoms with Crippen LogP contribution in [-0.4, -0.2) is 6.29 Å². The van der Waals surface area contributed by atoms with Gasteiger partial charge in [-0.3, -0.25) is 4.79 Å². The second-order valence-electron chi connectivity index (χ2n) is 1.38. The van der Waals surface area contributed by atoms with E-state index in [4.69, 9.17) is 0 Å². The van der Waals surface area contributed by atoms with E-state index in [0.717, 1.165) is 6.29 Å². The van der Waals surface area contributed by atoms with Gasteiger partial charge in [-0.15, -0.1) is 5.73 Å². The molecule has 0 amide bonds. The Balaban J connectivity index is 2.82. The smallest absolute Gasteiger partial charge is 0.152 e. The van der Waals surface area contributed by atoms with Crippen molar-refractivity contribution in [2.24, 2.45) is 0 Å². The van der Waals surface area contributed by atoms with E-state index in [1.165, 1.54) is 0 Å². The van der Waals surface area contributed by atoms with E-state index in [2.05, 4.69) is 11.0 Å². The van der Waals surface area contributed by atoms with Gasteiger partial charge in [0.2, 0.25) is 0 Å². The molecule has 0 radical (unpaired) electrons. The number of rotatable bonds is 1. The molecule has 0 unspecified atom stereocenters. The molecule has 0 atom stereocenters. The molecule has 0 bridgehead atoms. The Morgan fingerprint density at radius 3 is 3.00 bits per heavy atom. The molecule has 0 saturated heterocycles.